The average molecular weight is 324 g/mol. The molecule has 0 aliphatic rings. The first-order valence-electron chi connectivity index (χ1n) is 6.35. The van der Waals surface area contributed by atoms with Crippen LogP contribution in [0.5, 0.6) is 0 Å². The van der Waals surface area contributed by atoms with Gasteiger partial charge in [-0.15, -0.1) is 0 Å². The summed E-state index contributed by atoms with van der Waals surface area (Å²) in [6.45, 7) is 1.76. The fraction of sp³-hybridized carbons (Fsp3) is 0.214. The number of carbonyl (C=O) groups is 1. The number of furan rings is 1. The van der Waals surface area contributed by atoms with Crippen molar-refractivity contribution in [3.05, 3.63) is 47.9 Å². The van der Waals surface area contributed by atoms with Crippen LogP contribution in [0, 0.1) is 6.92 Å². The molecule has 1 N–H and O–H groups in total. The third-order valence-electron chi connectivity index (χ3n) is 3.07. The van der Waals surface area contributed by atoms with Gasteiger partial charge in [0.15, 0.2) is 5.76 Å². The minimum atomic E-state index is -3.70. The van der Waals surface area contributed by atoms with Crippen molar-refractivity contribution in [1.29, 1.82) is 0 Å². The van der Waals surface area contributed by atoms with Crippen molar-refractivity contribution >= 4 is 21.6 Å². The Balaban J connectivity index is 2.16. The van der Waals surface area contributed by atoms with E-state index in [-0.39, 0.29) is 10.7 Å². The Labute approximate surface area is 128 Å². The van der Waals surface area contributed by atoms with Crippen molar-refractivity contribution in [2.24, 2.45) is 0 Å². The van der Waals surface area contributed by atoms with E-state index in [0.29, 0.717) is 5.69 Å². The Bertz CT molecular complexity index is 765. The zero-order valence-electron chi connectivity index (χ0n) is 12.4. The number of hydrogen-bond acceptors (Lipinski definition) is 5. The second-order valence-corrected chi connectivity index (χ2v) is 6.44. The van der Waals surface area contributed by atoms with Crippen LogP contribution in [0.3, 0.4) is 0 Å². The number of nitrogens with zero attached hydrogens (tertiary/aromatic N) is 1. The van der Waals surface area contributed by atoms with E-state index >= 15 is 0 Å². The topological polar surface area (TPSA) is 88.9 Å². The van der Waals surface area contributed by atoms with E-state index in [1.165, 1.54) is 44.7 Å². The number of benzene rings is 1. The summed E-state index contributed by atoms with van der Waals surface area (Å²) in [4.78, 5) is 16.7. The van der Waals surface area contributed by atoms with Gasteiger partial charge in [0, 0.05) is 18.3 Å². The molecule has 1 heterocycles. The van der Waals surface area contributed by atoms with Crippen LogP contribution in [0.2, 0.25) is 0 Å². The first-order valence-corrected chi connectivity index (χ1v) is 7.79. The van der Waals surface area contributed by atoms with Crippen molar-refractivity contribution in [3.63, 3.8) is 0 Å². The number of hydrogen-bond donors (Lipinski definition) is 1. The lowest BCUT2D eigenvalue weighted by Crippen LogP contribution is -2.25. The smallest absolute Gasteiger partial charge is 0.291 e. The van der Waals surface area contributed by atoms with Crippen molar-refractivity contribution in [1.82, 2.24) is 4.47 Å². The lowest BCUT2D eigenvalue weighted by atomic mass is 10.2. The molecule has 0 aliphatic heterocycles. The van der Waals surface area contributed by atoms with Gasteiger partial charge in [-0.2, -0.15) is 0 Å². The molecule has 22 heavy (non-hydrogen) atoms. The van der Waals surface area contributed by atoms with Gasteiger partial charge in [-0.1, -0.05) is 4.47 Å². The molecule has 0 atom stereocenters. The Morgan fingerprint density at radius 1 is 1.23 bits per heavy atom. The molecule has 8 heteroatoms. The summed E-state index contributed by atoms with van der Waals surface area (Å²) in [6, 6.07) is 7.44. The van der Waals surface area contributed by atoms with Gasteiger partial charge in [0.25, 0.3) is 15.9 Å². The number of nitrogens with one attached hydrogen (secondary N) is 1. The first-order chi connectivity index (χ1) is 10.4. The fourth-order valence-electron chi connectivity index (χ4n) is 1.75. The molecule has 1 aromatic heterocycles. The molecule has 0 spiro atoms. The number of sulfonamides is 1. The van der Waals surface area contributed by atoms with Crippen LogP contribution in [0.1, 0.15) is 16.1 Å². The number of aryl methyl sites for hydroxylation is 1. The van der Waals surface area contributed by atoms with Crippen molar-refractivity contribution in [3.8, 4) is 0 Å². The summed E-state index contributed by atoms with van der Waals surface area (Å²) in [7, 11) is -1.15. The molecule has 0 aliphatic carbocycles. The van der Waals surface area contributed by atoms with E-state index < -0.39 is 15.9 Å². The van der Waals surface area contributed by atoms with Crippen molar-refractivity contribution < 1.29 is 22.5 Å². The Morgan fingerprint density at radius 3 is 2.36 bits per heavy atom. The lowest BCUT2D eigenvalue weighted by Gasteiger charge is -2.14. The van der Waals surface area contributed by atoms with E-state index in [2.05, 4.69) is 10.2 Å². The van der Waals surface area contributed by atoms with Gasteiger partial charge < -0.3 is 9.73 Å². The minimum Gasteiger partial charge on any atom is -0.459 e. The maximum atomic E-state index is 12.0. The molecule has 0 radical (unpaired) electrons. The van der Waals surface area contributed by atoms with Gasteiger partial charge >= 0.3 is 0 Å². The van der Waals surface area contributed by atoms with Crippen molar-refractivity contribution in [2.45, 2.75) is 11.8 Å². The van der Waals surface area contributed by atoms with E-state index in [4.69, 9.17) is 4.42 Å². The third kappa shape index (κ3) is 3.19. The summed E-state index contributed by atoms with van der Waals surface area (Å²) in [6.07, 6.45) is 1.43. The molecular weight excluding hydrogens is 308 g/mol. The molecule has 0 saturated heterocycles. The molecule has 0 saturated carbocycles. The zero-order chi connectivity index (χ0) is 16.3. The summed E-state index contributed by atoms with van der Waals surface area (Å²) in [5, 5.41) is 2.63. The fourth-order valence-corrected chi connectivity index (χ4v) is 2.72. The summed E-state index contributed by atoms with van der Waals surface area (Å²) >= 11 is 0. The van der Waals surface area contributed by atoms with Gasteiger partial charge in [0.1, 0.15) is 0 Å². The highest BCUT2D eigenvalue weighted by atomic mass is 32.2. The second kappa shape index (κ2) is 6.30. The predicted octanol–water partition coefficient (Wildman–Crippen LogP) is 2.02. The molecular formula is C14H16N2O5S. The number of hydroxylamine groups is 1. The van der Waals surface area contributed by atoms with Gasteiger partial charge in [-0.3, -0.25) is 9.63 Å². The van der Waals surface area contributed by atoms with Gasteiger partial charge in [0.05, 0.1) is 18.3 Å². The Hall–Kier alpha value is -2.16. The largest absolute Gasteiger partial charge is 0.459 e. The van der Waals surface area contributed by atoms with E-state index in [9.17, 15) is 13.2 Å². The van der Waals surface area contributed by atoms with E-state index in [1.807, 2.05) is 0 Å². The second-order valence-electron chi connectivity index (χ2n) is 4.51. The Morgan fingerprint density at radius 2 is 1.86 bits per heavy atom. The van der Waals surface area contributed by atoms with Gasteiger partial charge in [-0.25, -0.2) is 8.42 Å². The highest BCUT2D eigenvalue weighted by molar-refractivity contribution is 7.89. The molecule has 2 rings (SSSR count). The summed E-state index contributed by atoms with van der Waals surface area (Å²) < 4.78 is 29.9. The SMILES string of the molecule is CON(C)S(=O)(=O)c1ccc(NC(=O)c2occc2C)cc1. The van der Waals surface area contributed by atoms with Crippen LogP contribution in [-0.2, 0) is 14.9 Å². The van der Waals surface area contributed by atoms with Crippen LogP contribution in [0.25, 0.3) is 0 Å². The average Bonchev–Trinajstić information content (AvgIpc) is 2.93. The molecule has 7 nitrogen and oxygen atoms in total. The predicted molar refractivity (Wildman–Crippen MR) is 79.8 cm³/mol. The van der Waals surface area contributed by atoms with Gasteiger partial charge in [-0.05, 0) is 37.3 Å². The standard InChI is InChI=1S/C14H16N2O5S/c1-10-8-9-21-13(10)14(17)15-11-4-6-12(7-5-11)22(18,19)16(2)20-3/h4-9H,1-3H3,(H,15,17). The normalized spacial score (nSPS) is 11.6. The lowest BCUT2D eigenvalue weighted by molar-refractivity contribution is -0.0258. The van der Waals surface area contributed by atoms with Crippen LogP contribution in [0.4, 0.5) is 5.69 Å². The van der Waals surface area contributed by atoms with Crippen LogP contribution in [0.15, 0.2) is 45.9 Å². The van der Waals surface area contributed by atoms with Crippen LogP contribution < -0.4 is 5.32 Å². The van der Waals surface area contributed by atoms with E-state index in [0.717, 1.165) is 10.0 Å². The number of rotatable bonds is 5. The summed E-state index contributed by atoms with van der Waals surface area (Å²) in [5.74, 6) is -0.178. The number of anilines is 1. The third-order valence-corrected chi connectivity index (χ3v) is 4.77. The van der Waals surface area contributed by atoms with Crippen molar-refractivity contribution in [2.75, 3.05) is 19.5 Å². The zero-order valence-corrected chi connectivity index (χ0v) is 13.2. The molecule has 0 unspecified atom stereocenters. The number of amides is 1. The maximum absolute atomic E-state index is 12.0. The quantitative estimate of drug-likeness (QED) is 0.850. The molecule has 1 amide bonds. The van der Waals surface area contributed by atoms with Crippen LogP contribution in [-0.4, -0.2) is 33.0 Å². The monoisotopic (exact) mass is 324 g/mol. The minimum absolute atomic E-state index is 0.0593. The maximum Gasteiger partial charge on any atom is 0.291 e. The van der Waals surface area contributed by atoms with E-state index in [1.54, 1.807) is 13.0 Å². The first kappa shape index (κ1) is 16.2. The highest BCUT2D eigenvalue weighted by Gasteiger charge is 2.20. The molecule has 0 bridgehead atoms. The van der Waals surface area contributed by atoms with Crippen LogP contribution >= 0.6 is 0 Å². The molecule has 118 valence electrons. The molecule has 2 aromatic rings. The van der Waals surface area contributed by atoms with Gasteiger partial charge in [0.2, 0.25) is 0 Å². The Kier molecular flexibility index (Phi) is 4.65. The molecule has 1 aromatic carbocycles. The number of carbonyl (C=O) groups excluding carboxylic acids is 1. The molecule has 0 fully saturated rings. The summed E-state index contributed by atoms with van der Waals surface area (Å²) in [5.41, 5.74) is 1.18. The highest BCUT2D eigenvalue weighted by Crippen LogP contribution is 2.18.